The molecule has 2 aliphatic rings. The van der Waals surface area contributed by atoms with Crippen molar-refractivity contribution in [3.8, 4) is 0 Å². The second-order valence-electron chi connectivity index (χ2n) is 6.30. The highest BCUT2D eigenvalue weighted by atomic mass is 16.2. The van der Waals surface area contributed by atoms with Crippen molar-refractivity contribution in [1.82, 2.24) is 24.8 Å². The molecule has 0 radical (unpaired) electrons. The number of nitrogens with zero attached hydrogens (tertiary/aromatic N) is 5. The largest absolute Gasteiger partial charge is 0.367 e. The second kappa shape index (κ2) is 6.51. The number of carbonyl (C=O) groups is 1. The summed E-state index contributed by atoms with van der Waals surface area (Å²) in [7, 11) is 0. The van der Waals surface area contributed by atoms with Gasteiger partial charge in [-0.2, -0.15) is 0 Å². The molecule has 1 aliphatic carbocycles. The average Bonchev–Trinajstić information content (AvgIpc) is 2.81. The molecule has 1 saturated carbocycles. The van der Waals surface area contributed by atoms with Gasteiger partial charge in [0.15, 0.2) is 0 Å². The molecular weight excluding hydrogens is 304 g/mol. The topological polar surface area (TPSA) is 83.9 Å². The van der Waals surface area contributed by atoms with Crippen molar-refractivity contribution in [2.24, 2.45) is 0 Å². The van der Waals surface area contributed by atoms with Crippen molar-refractivity contribution in [1.29, 1.82) is 0 Å². The molecule has 24 heavy (non-hydrogen) atoms. The van der Waals surface area contributed by atoms with Crippen molar-refractivity contribution in [2.75, 3.05) is 18.4 Å². The molecule has 7 heteroatoms. The first kappa shape index (κ1) is 15.0. The molecule has 1 N–H and O–H groups in total. The Kier molecular flexibility index (Phi) is 4.06. The lowest BCUT2D eigenvalue weighted by atomic mass is 9.93. The summed E-state index contributed by atoms with van der Waals surface area (Å²) >= 11 is 0. The van der Waals surface area contributed by atoms with E-state index in [9.17, 15) is 4.79 Å². The summed E-state index contributed by atoms with van der Waals surface area (Å²) in [5, 5.41) is 3.53. The first-order valence-corrected chi connectivity index (χ1v) is 8.46. The fraction of sp³-hybridized carbons (Fsp3) is 0.471. The van der Waals surface area contributed by atoms with Crippen LogP contribution < -0.4 is 5.32 Å². The zero-order valence-electron chi connectivity index (χ0n) is 13.5. The first-order valence-electron chi connectivity index (χ1n) is 8.46. The van der Waals surface area contributed by atoms with Gasteiger partial charge < -0.3 is 10.2 Å². The third-order valence-corrected chi connectivity index (χ3v) is 4.80. The molecule has 2 aromatic rings. The summed E-state index contributed by atoms with van der Waals surface area (Å²) in [5.74, 6) is 0.871. The van der Waals surface area contributed by atoms with Gasteiger partial charge in [0.2, 0.25) is 0 Å². The van der Waals surface area contributed by atoms with Crippen LogP contribution >= 0.6 is 0 Å². The lowest BCUT2D eigenvalue weighted by molar-refractivity contribution is 0.0756. The van der Waals surface area contributed by atoms with Crippen molar-refractivity contribution < 1.29 is 4.79 Å². The van der Waals surface area contributed by atoms with E-state index in [0.717, 1.165) is 29.9 Å². The molecule has 7 nitrogen and oxygen atoms in total. The fourth-order valence-electron chi connectivity index (χ4n) is 3.17. The minimum Gasteiger partial charge on any atom is -0.367 e. The Morgan fingerprint density at radius 3 is 2.75 bits per heavy atom. The number of amides is 1. The maximum Gasteiger partial charge on any atom is 0.274 e. The van der Waals surface area contributed by atoms with Gasteiger partial charge in [0.25, 0.3) is 5.91 Å². The maximum atomic E-state index is 12.6. The van der Waals surface area contributed by atoms with Gasteiger partial charge in [-0.05, 0) is 25.7 Å². The van der Waals surface area contributed by atoms with Gasteiger partial charge in [0, 0.05) is 43.5 Å². The highest BCUT2D eigenvalue weighted by Crippen LogP contribution is 2.26. The van der Waals surface area contributed by atoms with Gasteiger partial charge in [-0.3, -0.25) is 9.78 Å². The number of nitrogens with one attached hydrogen (secondary N) is 1. The molecule has 0 saturated heterocycles. The molecule has 124 valence electrons. The highest BCUT2D eigenvalue weighted by Gasteiger charge is 2.25. The van der Waals surface area contributed by atoms with Crippen LogP contribution in [0.15, 0.2) is 24.9 Å². The maximum absolute atomic E-state index is 12.6. The van der Waals surface area contributed by atoms with Gasteiger partial charge >= 0.3 is 0 Å². The SMILES string of the molecule is O=C(c1cnccn1)N1CCc2ncnc(NC3CCC3)c2CC1. The average molecular weight is 324 g/mol. The Morgan fingerprint density at radius 1 is 1.12 bits per heavy atom. The third kappa shape index (κ3) is 2.93. The monoisotopic (exact) mass is 324 g/mol. The van der Waals surface area contributed by atoms with Crippen LogP contribution in [0.25, 0.3) is 0 Å². The summed E-state index contributed by atoms with van der Waals surface area (Å²) in [6, 6.07) is 0.532. The minimum absolute atomic E-state index is 0.0719. The Hall–Kier alpha value is -2.57. The molecule has 0 aromatic carbocycles. The van der Waals surface area contributed by atoms with Gasteiger partial charge in [-0.25, -0.2) is 15.0 Å². The van der Waals surface area contributed by atoms with Crippen LogP contribution in [0.2, 0.25) is 0 Å². The zero-order chi connectivity index (χ0) is 16.4. The molecule has 1 aliphatic heterocycles. The van der Waals surface area contributed by atoms with Crippen molar-refractivity contribution in [2.45, 2.75) is 38.1 Å². The van der Waals surface area contributed by atoms with Gasteiger partial charge in [0.05, 0.1) is 11.9 Å². The van der Waals surface area contributed by atoms with E-state index in [1.807, 2.05) is 4.90 Å². The van der Waals surface area contributed by atoms with E-state index in [4.69, 9.17) is 0 Å². The van der Waals surface area contributed by atoms with Crippen molar-refractivity contribution in [3.05, 3.63) is 41.9 Å². The lowest BCUT2D eigenvalue weighted by Crippen LogP contribution is -2.34. The summed E-state index contributed by atoms with van der Waals surface area (Å²) < 4.78 is 0. The molecule has 0 atom stereocenters. The predicted octanol–water partition coefficient (Wildman–Crippen LogP) is 1.47. The number of hydrogen-bond acceptors (Lipinski definition) is 6. The third-order valence-electron chi connectivity index (χ3n) is 4.80. The molecule has 0 unspecified atom stereocenters. The van der Waals surface area contributed by atoms with Crippen LogP contribution in [0.4, 0.5) is 5.82 Å². The van der Waals surface area contributed by atoms with Crippen LogP contribution in [0, 0.1) is 0 Å². The lowest BCUT2D eigenvalue weighted by Gasteiger charge is -2.28. The van der Waals surface area contributed by atoms with Gasteiger partial charge in [0.1, 0.15) is 17.8 Å². The molecular formula is C17H20N6O. The quantitative estimate of drug-likeness (QED) is 0.920. The van der Waals surface area contributed by atoms with Crippen LogP contribution in [0.5, 0.6) is 0 Å². The van der Waals surface area contributed by atoms with E-state index < -0.39 is 0 Å². The molecule has 0 spiro atoms. The summed E-state index contributed by atoms with van der Waals surface area (Å²) in [6.45, 7) is 1.29. The molecule has 1 amide bonds. The van der Waals surface area contributed by atoms with Crippen molar-refractivity contribution in [3.63, 3.8) is 0 Å². The van der Waals surface area contributed by atoms with E-state index in [1.165, 1.54) is 25.5 Å². The van der Waals surface area contributed by atoms with E-state index >= 15 is 0 Å². The Morgan fingerprint density at radius 2 is 2.00 bits per heavy atom. The molecule has 2 aromatic heterocycles. The number of rotatable bonds is 3. The zero-order valence-corrected chi connectivity index (χ0v) is 13.5. The number of anilines is 1. The van der Waals surface area contributed by atoms with Crippen LogP contribution in [0.1, 0.15) is 41.0 Å². The number of carbonyl (C=O) groups excluding carboxylic acids is 1. The first-order chi connectivity index (χ1) is 11.8. The minimum atomic E-state index is -0.0719. The number of aromatic nitrogens is 4. The normalized spacial score (nSPS) is 17.6. The summed E-state index contributed by atoms with van der Waals surface area (Å²) in [5.41, 5.74) is 2.59. The van der Waals surface area contributed by atoms with E-state index in [-0.39, 0.29) is 5.91 Å². The number of fused-ring (bicyclic) bond motifs is 1. The van der Waals surface area contributed by atoms with E-state index in [1.54, 1.807) is 18.7 Å². The number of hydrogen-bond donors (Lipinski definition) is 1. The molecule has 1 fully saturated rings. The van der Waals surface area contributed by atoms with Crippen LogP contribution in [-0.4, -0.2) is 49.9 Å². The van der Waals surface area contributed by atoms with Crippen LogP contribution in [0.3, 0.4) is 0 Å². The van der Waals surface area contributed by atoms with Crippen LogP contribution in [-0.2, 0) is 12.8 Å². The molecule has 4 rings (SSSR count). The summed E-state index contributed by atoms with van der Waals surface area (Å²) in [4.78, 5) is 31.4. The van der Waals surface area contributed by atoms with Gasteiger partial charge in [-0.1, -0.05) is 0 Å². The van der Waals surface area contributed by atoms with E-state index in [2.05, 4.69) is 25.3 Å². The predicted molar refractivity (Wildman–Crippen MR) is 88.6 cm³/mol. The second-order valence-corrected chi connectivity index (χ2v) is 6.30. The smallest absolute Gasteiger partial charge is 0.274 e. The van der Waals surface area contributed by atoms with Crippen molar-refractivity contribution >= 4 is 11.7 Å². The molecule has 3 heterocycles. The van der Waals surface area contributed by atoms with E-state index in [0.29, 0.717) is 24.8 Å². The standard InChI is InChI=1S/C17H20N6O/c24-17(15-10-18-6-7-19-15)23-8-4-13-14(5-9-23)20-11-21-16(13)22-12-2-1-3-12/h6-7,10-12H,1-5,8-9H2,(H,20,21,22). The van der Waals surface area contributed by atoms with Gasteiger partial charge in [-0.15, -0.1) is 0 Å². The fourth-order valence-corrected chi connectivity index (χ4v) is 3.17. The Bertz CT molecular complexity index is 731. The summed E-state index contributed by atoms with van der Waals surface area (Å²) in [6.07, 6.45) is 11.5. The Balaban J connectivity index is 1.51. The highest BCUT2D eigenvalue weighted by molar-refractivity contribution is 5.92. The Labute approximate surface area is 140 Å². The molecule has 0 bridgehead atoms.